The minimum absolute atomic E-state index is 0.0906. The van der Waals surface area contributed by atoms with Gasteiger partial charge in [-0.15, -0.1) is 0 Å². The topological polar surface area (TPSA) is 21.6 Å². The molecule has 3 heteroatoms. The first kappa shape index (κ1) is 19.9. The summed E-state index contributed by atoms with van der Waals surface area (Å²) >= 11 is 0. The molecule has 1 atom stereocenters. The van der Waals surface area contributed by atoms with Crippen LogP contribution in [0.3, 0.4) is 0 Å². The van der Waals surface area contributed by atoms with Crippen molar-refractivity contribution in [2.24, 2.45) is 4.99 Å². The third-order valence-electron chi connectivity index (χ3n) is 5.51. The molecule has 1 heterocycles. The average Bonchev–Trinajstić information content (AvgIpc) is 2.72. The second-order valence-electron chi connectivity index (χ2n) is 8.43. The van der Waals surface area contributed by atoms with Gasteiger partial charge < -0.3 is 4.74 Å². The third kappa shape index (κ3) is 4.14. The summed E-state index contributed by atoms with van der Waals surface area (Å²) < 4.78 is 6.32. The van der Waals surface area contributed by atoms with E-state index < -0.39 is 7.26 Å². The Morgan fingerprint density at radius 1 is 0.793 bits per heavy atom. The Morgan fingerprint density at radius 2 is 1.21 bits per heavy atom. The van der Waals surface area contributed by atoms with Crippen LogP contribution in [0.5, 0.6) is 0 Å². The second-order valence-corrected chi connectivity index (χ2v) is 11.9. The Kier molecular flexibility index (Phi) is 5.56. The number of aliphatic imine (C=N–C) groups is 1. The molecule has 1 unspecified atom stereocenters. The fourth-order valence-corrected chi connectivity index (χ4v) is 8.47. The number of rotatable bonds is 5. The summed E-state index contributed by atoms with van der Waals surface area (Å²) in [5.41, 5.74) is -0.0906. The molecule has 0 saturated carbocycles. The highest BCUT2D eigenvalue weighted by Crippen LogP contribution is 2.55. The number of benzene rings is 3. The summed E-state index contributed by atoms with van der Waals surface area (Å²) in [6, 6.07) is 32.8. The van der Waals surface area contributed by atoms with Gasteiger partial charge >= 0.3 is 0 Å². The predicted molar refractivity (Wildman–Crippen MR) is 127 cm³/mol. The maximum Gasteiger partial charge on any atom is 0.224 e. The van der Waals surface area contributed by atoms with E-state index in [1.165, 1.54) is 15.9 Å². The lowest BCUT2D eigenvalue weighted by atomic mass is 9.97. The van der Waals surface area contributed by atoms with Gasteiger partial charge in [-0.1, -0.05) is 54.6 Å². The van der Waals surface area contributed by atoms with E-state index in [4.69, 9.17) is 9.73 Å². The van der Waals surface area contributed by atoms with Gasteiger partial charge in [-0.3, -0.25) is 0 Å². The molecule has 3 aromatic carbocycles. The highest BCUT2D eigenvalue weighted by molar-refractivity contribution is 7.96. The van der Waals surface area contributed by atoms with E-state index in [0.717, 1.165) is 18.5 Å². The van der Waals surface area contributed by atoms with Gasteiger partial charge in [0, 0.05) is 6.42 Å². The van der Waals surface area contributed by atoms with Crippen LogP contribution in [0.25, 0.3) is 0 Å². The van der Waals surface area contributed by atoms with Crippen LogP contribution < -0.4 is 15.9 Å². The fraction of sp³-hybridized carbons (Fsp3) is 0.269. The molecule has 1 aliphatic rings. The lowest BCUT2D eigenvalue weighted by Crippen LogP contribution is -2.40. The quantitative estimate of drug-likeness (QED) is 0.553. The highest BCUT2D eigenvalue weighted by Gasteiger charge is 2.48. The van der Waals surface area contributed by atoms with Crippen LogP contribution in [0.15, 0.2) is 96.0 Å². The first-order valence-corrected chi connectivity index (χ1v) is 12.3. The van der Waals surface area contributed by atoms with Crippen molar-refractivity contribution in [3.05, 3.63) is 91.0 Å². The third-order valence-corrected chi connectivity index (χ3v) is 9.80. The fourth-order valence-electron chi connectivity index (χ4n) is 4.43. The van der Waals surface area contributed by atoms with E-state index in [0.29, 0.717) is 0 Å². The Bertz CT molecular complexity index is 871. The lowest BCUT2D eigenvalue weighted by Gasteiger charge is -2.34. The zero-order valence-corrected chi connectivity index (χ0v) is 18.3. The van der Waals surface area contributed by atoms with Gasteiger partial charge in [0.25, 0.3) is 0 Å². The largest absolute Gasteiger partial charge is 0.475 e. The Hall–Kier alpha value is -2.44. The molecule has 148 valence electrons. The standard InChI is InChI=1S/C26H29NOP/c1-21-19-26(2,3)27-25(28-21)20-29(22-13-7-4-8-14-22,23-15-9-5-10-16-23)24-17-11-6-12-18-24/h4-18,21H,19-20H2,1-3H3/q+1. The van der Waals surface area contributed by atoms with Crippen molar-refractivity contribution in [3.8, 4) is 0 Å². The summed E-state index contributed by atoms with van der Waals surface area (Å²) in [7, 11) is -1.96. The molecule has 0 aromatic heterocycles. The first-order valence-electron chi connectivity index (χ1n) is 10.3. The maximum absolute atomic E-state index is 6.32. The van der Waals surface area contributed by atoms with Crippen molar-refractivity contribution in [2.45, 2.75) is 38.8 Å². The summed E-state index contributed by atoms with van der Waals surface area (Å²) in [6.07, 6.45) is 1.93. The molecule has 0 bridgehead atoms. The van der Waals surface area contributed by atoms with E-state index in [1.807, 2.05) is 0 Å². The van der Waals surface area contributed by atoms with Crippen molar-refractivity contribution in [3.63, 3.8) is 0 Å². The Balaban J connectivity index is 1.95. The SMILES string of the molecule is CC1CC(C)(C)N=C(C[P+](c2ccccc2)(c2ccccc2)c2ccccc2)O1. The van der Waals surface area contributed by atoms with Gasteiger partial charge in [0.05, 0.1) is 11.6 Å². The molecule has 3 aromatic rings. The monoisotopic (exact) mass is 402 g/mol. The summed E-state index contributed by atoms with van der Waals surface area (Å²) in [5.74, 6) is 0.888. The lowest BCUT2D eigenvalue weighted by molar-refractivity contribution is 0.144. The molecule has 0 aliphatic carbocycles. The first-order chi connectivity index (χ1) is 14.0. The molecule has 4 rings (SSSR count). The van der Waals surface area contributed by atoms with Crippen molar-refractivity contribution < 1.29 is 4.74 Å². The Labute approximate surface area is 175 Å². The molecule has 0 saturated heterocycles. The molecule has 0 amide bonds. The molecule has 0 spiro atoms. The minimum Gasteiger partial charge on any atom is -0.475 e. The smallest absolute Gasteiger partial charge is 0.224 e. The average molecular weight is 402 g/mol. The number of hydrogen-bond donors (Lipinski definition) is 0. The van der Waals surface area contributed by atoms with Gasteiger partial charge in [0.1, 0.15) is 29.3 Å². The zero-order chi connectivity index (χ0) is 20.3. The van der Waals surface area contributed by atoms with Gasteiger partial charge in [-0.05, 0) is 57.2 Å². The predicted octanol–water partition coefficient (Wildman–Crippen LogP) is 4.97. The summed E-state index contributed by atoms with van der Waals surface area (Å²) in [4.78, 5) is 5.05. The van der Waals surface area contributed by atoms with Gasteiger partial charge in [0.15, 0.2) is 0 Å². The number of nitrogens with zero attached hydrogens (tertiary/aromatic N) is 1. The molecule has 0 radical (unpaired) electrons. The van der Waals surface area contributed by atoms with E-state index in [2.05, 4.69) is 112 Å². The normalized spacial score (nSPS) is 18.6. The van der Waals surface area contributed by atoms with Gasteiger partial charge in [-0.2, -0.15) is 0 Å². The highest BCUT2D eigenvalue weighted by atomic mass is 31.2. The van der Waals surface area contributed by atoms with Gasteiger partial charge in [-0.25, -0.2) is 4.99 Å². The van der Waals surface area contributed by atoms with Crippen LogP contribution in [0.2, 0.25) is 0 Å². The summed E-state index contributed by atoms with van der Waals surface area (Å²) in [5, 5.41) is 4.08. The number of ether oxygens (including phenoxy) is 1. The number of hydrogen-bond acceptors (Lipinski definition) is 2. The molecular formula is C26H29NOP+. The summed E-state index contributed by atoms with van der Waals surface area (Å²) in [6.45, 7) is 6.57. The second kappa shape index (κ2) is 8.13. The van der Waals surface area contributed by atoms with Crippen LogP contribution in [-0.4, -0.2) is 23.7 Å². The van der Waals surface area contributed by atoms with E-state index in [-0.39, 0.29) is 11.6 Å². The van der Waals surface area contributed by atoms with Gasteiger partial charge in [0.2, 0.25) is 5.90 Å². The van der Waals surface area contributed by atoms with Crippen LogP contribution >= 0.6 is 7.26 Å². The van der Waals surface area contributed by atoms with E-state index in [9.17, 15) is 0 Å². The van der Waals surface area contributed by atoms with Crippen molar-refractivity contribution in [1.82, 2.24) is 0 Å². The molecule has 0 fully saturated rings. The molecule has 2 nitrogen and oxygen atoms in total. The van der Waals surface area contributed by atoms with Crippen LogP contribution in [0, 0.1) is 0 Å². The zero-order valence-electron chi connectivity index (χ0n) is 17.5. The van der Waals surface area contributed by atoms with Crippen molar-refractivity contribution in [2.75, 3.05) is 6.16 Å². The minimum atomic E-state index is -1.96. The molecular weight excluding hydrogens is 373 g/mol. The van der Waals surface area contributed by atoms with Crippen LogP contribution in [0.4, 0.5) is 0 Å². The maximum atomic E-state index is 6.32. The van der Waals surface area contributed by atoms with E-state index >= 15 is 0 Å². The van der Waals surface area contributed by atoms with Crippen molar-refractivity contribution in [1.29, 1.82) is 0 Å². The van der Waals surface area contributed by atoms with Crippen LogP contribution in [-0.2, 0) is 4.74 Å². The van der Waals surface area contributed by atoms with E-state index in [1.54, 1.807) is 0 Å². The Morgan fingerprint density at radius 3 is 1.59 bits per heavy atom. The molecule has 0 N–H and O–H groups in total. The van der Waals surface area contributed by atoms with Crippen molar-refractivity contribution >= 4 is 29.1 Å². The van der Waals surface area contributed by atoms with Crippen LogP contribution in [0.1, 0.15) is 27.2 Å². The molecule has 29 heavy (non-hydrogen) atoms. The molecule has 1 aliphatic heterocycles.